The summed E-state index contributed by atoms with van der Waals surface area (Å²) in [7, 11) is 0. The molecule has 0 atom stereocenters. The predicted octanol–water partition coefficient (Wildman–Crippen LogP) is 7.18. The fourth-order valence-electron chi connectivity index (χ4n) is 2.25. The standard InChI is InChI=1S/C17H22Cl2O5.C6H3Cl2I/c1-10(2)15(20)23-8-17(22,9-24-16(21)11(3)4)13-6-5-12(18)7-14(13)19;7-4-1-2-6(9)5(8)3-4/h5-7,10-11,22H,8-9H2,1-4H3;1-3H. The quantitative estimate of drug-likeness (QED) is 0.196. The van der Waals surface area contributed by atoms with E-state index in [4.69, 9.17) is 55.9 Å². The molecule has 0 bridgehead atoms. The van der Waals surface area contributed by atoms with E-state index in [1.165, 1.54) is 12.1 Å². The SMILES string of the molecule is CC(C)C(=O)OCC(O)(COC(=O)C(C)C)c1ccc(Cl)cc1Cl.Clc1ccc(I)c(Cl)c1. The Kier molecular flexibility index (Phi) is 12.8. The third-order valence-corrected chi connectivity index (χ3v) is 6.52. The minimum absolute atomic E-state index is 0.186. The molecule has 0 aliphatic rings. The number of benzene rings is 2. The topological polar surface area (TPSA) is 72.8 Å². The fourth-order valence-corrected chi connectivity index (χ4v) is 3.58. The maximum absolute atomic E-state index is 11.7. The van der Waals surface area contributed by atoms with Gasteiger partial charge in [-0.05, 0) is 52.9 Å². The van der Waals surface area contributed by atoms with Gasteiger partial charge in [0.2, 0.25) is 0 Å². The number of rotatable bonds is 7. The van der Waals surface area contributed by atoms with Crippen LogP contribution in [0.1, 0.15) is 33.3 Å². The van der Waals surface area contributed by atoms with Crippen molar-refractivity contribution < 1.29 is 24.2 Å². The van der Waals surface area contributed by atoms with E-state index in [9.17, 15) is 14.7 Å². The first kappa shape index (κ1) is 30.3. The molecule has 2 rings (SSSR count). The van der Waals surface area contributed by atoms with Crippen molar-refractivity contribution in [3.8, 4) is 0 Å². The number of esters is 2. The van der Waals surface area contributed by atoms with E-state index < -0.39 is 30.8 Å². The molecule has 33 heavy (non-hydrogen) atoms. The van der Waals surface area contributed by atoms with Gasteiger partial charge in [-0.3, -0.25) is 9.59 Å². The summed E-state index contributed by atoms with van der Waals surface area (Å²) in [5.74, 6) is -1.66. The van der Waals surface area contributed by atoms with Crippen LogP contribution in [0.2, 0.25) is 20.1 Å². The van der Waals surface area contributed by atoms with Crippen LogP contribution in [0.15, 0.2) is 36.4 Å². The van der Waals surface area contributed by atoms with Gasteiger partial charge in [-0.25, -0.2) is 0 Å². The molecule has 0 heterocycles. The number of hydrogen-bond donors (Lipinski definition) is 1. The molecule has 0 spiro atoms. The van der Waals surface area contributed by atoms with Crippen LogP contribution >= 0.6 is 69.0 Å². The average molecular weight is 650 g/mol. The van der Waals surface area contributed by atoms with E-state index >= 15 is 0 Å². The third kappa shape index (κ3) is 10.2. The van der Waals surface area contributed by atoms with Gasteiger partial charge in [-0.2, -0.15) is 0 Å². The van der Waals surface area contributed by atoms with Gasteiger partial charge in [-0.1, -0.05) is 80.2 Å². The maximum atomic E-state index is 11.7. The lowest BCUT2D eigenvalue weighted by molar-refractivity contribution is -0.168. The Labute approximate surface area is 227 Å². The second-order valence-electron chi connectivity index (χ2n) is 7.74. The molecule has 1 N–H and O–H groups in total. The third-order valence-electron chi connectivity index (χ3n) is 4.16. The van der Waals surface area contributed by atoms with E-state index in [0.717, 1.165) is 3.57 Å². The highest BCUT2D eigenvalue weighted by Gasteiger charge is 2.36. The molecular formula is C23H25Cl4IO5. The Morgan fingerprint density at radius 2 is 1.27 bits per heavy atom. The molecule has 0 aliphatic carbocycles. The number of ether oxygens (including phenoxy) is 2. The van der Waals surface area contributed by atoms with Crippen molar-refractivity contribution in [3.05, 3.63) is 65.6 Å². The number of hydrogen-bond acceptors (Lipinski definition) is 5. The Balaban J connectivity index is 0.000000502. The summed E-state index contributed by atoms with van der Waals surface area (Å²) in [5, 5.41) is 12.9. The molecule has 0 radical (unpaired) electrons. The molecule has 10 heteroatoms. The smallest absolute Gasteiger partial charge is 0.308 e. The zero-order valence-electron chi connectivity index (χ0n) is 18.5. The van der Waals surface area contributed by atoms with Crippen molar-refractivity contribution in [1.82, 2.24) is 0 Å². The van der Waals surface area contributed by atoms with E-state index in [0.29, 0.717) is 15.1 Å². The Hall–Kier alpha value is -0.770. The summed E-state index contributed by atoms with van der Waals surface area (Å²) >= 11 is 25.5. The molecule has 0 aliphatic heterocycles. The number of halogens is 5. The van der Waals surface area contributed by atoms with Crippen LogP contribution in [0.25, 0.3) is 0 Å². The summed E-state index contributed by atoms with van der Waals surface area (Å²) in [6.07, 6.45) is 0. The van der Waals surface area contributed by atoms with Crippen molar-refractivity contribution in [3.63, 3.8) is 0 Å². The second-order valence-corrected chi connectivity index (χ2v) is 10.6. The van der Waals surface area contributed by atoms with Crippen LogP contribution in [-0.2, 0) is 24.7 Å². The Bertz CT molecular complexity index is 942. The molecule has 0 aromatic heterocycles. The summed E-state index contributed by atoms with van der Waals surface area (Å²) < 4.78 is 11.3. The number of carbonyl (C=O) groups is 2. The second kappa shape index (κ2) is 14.0. The molecule has 2 aromatic rings. The first-order chi connectivity index (χ1) is 15.3. The van der Waals surface area contributed by atoms with Crippen LogP contribution in [0.4, 0.5) is 0 Å². The van der Waals surface area contributed by atoms with Crippen molar-refractivity contribution in [2.75, 3.05) is 13.2 Å². The minimum atomic E-state index is -1.77. The summed E-state index contributed by atoms with van der Waals surface area (Å²) in [5.41, 5.74) is -1.50. The van der Waals surface area contributed by atoms with Gasteiger partial charge < -0.3 is 14.6 Å². The molecule has 0 fully saturated rings. The molecule has 0 amide bonds. The van der Waals surface area contributed by atoms with Crippen molar-refractivity contribution in [1.29, 1.82) is 0 Å². The van der Waals surface area contributed by atoms with Gasteiger partial charge in [0.05, 0.1) is 16.9 Å². The maximum Gasteiger partial charge on any atom is 0.308 e. The van der Waals surface area contributed by atoms with Gasteiger partial charge in [0.15, 0.2) is 5.60 Å². The summed E-state index contributed by atoms with van der Waals surface area (Å²) in [4.78, 5) is 23.4. The first-order valence-corrected chi connectivity index (χ1v) is 12.5. The Morgan fingerprint density at radius 1 is 0.848 bits per heavy atom. The van der Waals surface area contributed by atoms with Gasteiger partial charge in [0.1, 0.15) is 13.2 Å². The van der Waals surface area contributed by atoms with Crippen molar-refractivity contribution >= 4 is 80.9 Å². The zero-order chi connectivity index (χ0) is 25.3. The molecule has 2 aromatic carbocycles. The van der Waals surface area contributed by atoms with Gasteiger partial charge in [0, 0.05) is 24.2 Å². The van der Waals surface area contributed by atoms with Crippen molar-refractivity contribution in [2.24, 2.45) is 11.8 Å². The van der Waals surface area contributed by atoms with Crippen LogP contribution in [-0.4, -0.2) is 30.3 Å². The lowest BCUT2D eigenvalue weighted by Crippen LogP contribution is -2.39. The van der Waals surface area contributed by atoms with E-state index in [2.05, 4.69) is 22.6 Å². The van der Waals surface area contributed by atoms with Gasteiger partial charge in [-0.15, -0.1) is 0 Å². The molecule has 0 unspecified atom stereocenters. The predicted molar refractivity (Wildman–Crippen MR) is 141 cm³/mol. The minimum Gasteiger partial charge on any atom is -0.462 e. The highest BCUT2D eigenvalue weighted by atomic mass is 127. The fraction of sp³-hybridized carbons (Fsp3) is 0.391. The van der Waals surface area contributed by atoms with E-state index in [1.54, 1.807) is 39.8 Å². The van der Waals surface area contributed by atoms with Crippen LogP contribution in [0, 0.1) is 15.4 Å². The number of aliphatic hydroxyl groups is 1. The average Bonchev–Trinajstić information content (AvgIpc) is 2.73. The first-order valence-electron chi connectivity index (χ1n) is 9.88. The summed E-state index contributed by atoms with van der Waals surface area (Å²) in [6, 6.07) is 9.93. The lowest BCUT2D eigenvalue weighted by atomic mass is 9.95. The molecule has 182 valence electrons. The highest BCUT2D eigenvalue weighted by molar-refractivity contribution is 14.1. The number of carbonyl (C=O) groups excluding carboxylic acids is 2. The van der Waals surface area contributed by atoms with Crippen LogP contribution < -0.4 is 0 Å². The zero-order valence-corrected chi connectivity index (χ0v) is 23.7. The van der Waals surface area contributed by atoms with E-state index in [1.807, 2.05) is 12.1 Å². The lowest BCUT2D eigenvalue weighted by Gasteiger charge is -2.29. The molecule has 0 saturated carbocycles. The Morgan fingerprint density at radius 3 is 1.64 bits per heavy atom. The van der Waals surface area contributed by atoms with Crippen LogP contribution in [0.5, 0.6) is 0 Å². The van der Waals surface area contributed by atoms with Gasteiger partial charge in [0.25, 0.3) is 0 Å². The molecular weight excluding hydrogens is 625 g/mol. The van der Waals surface area contributed by atoms with Gasteiger partial charge >= 0.3 is 11.9 Å². The monoisotopic (exact) mass is 648 g/mol. The normalized spacial score (nSPS) is 11.2. The molecule has 5 nitrogen and oxygen atoms in total. The largest absolute Gasteiger partial charge is 0.462 e. The van der Waals surface area contributed by atoms with Crippen LogP contribution in [0.3, 0.4) is 0 Å². The van der Waals surface area contributed by atoms with E-state index in [-0.39, 0.29) is 22.4 Å². The summed E-state index contributed by atoms with van der Waals surface area (Å²) in [6.45, 7) is 5.92. The molecule has 0 saturated heterocycles. The highest BCUT2D eigenvalue weighted by Crippen LogP contribution is 2.32. The van der Waals surface area contributed by atoms with Crippen molar-refractivity contribution in [2.45, 2.75) is 33.3 Å².